The number of nitrogens with one attached hydrogen (secondary N) is 1. The third-order valence-electron chi connectivity index (χ3n) is 6.80. The van der Waals surface area contributed by atoms with Crippen molar-refractivity contribution in [2.45, 2.75) is 18.8 Å². The molecule has 36 heavy (non-hydrogen) atoms. The Morgan fingerprint density at radius 2 is 1.72 bits per heavy atom. The van der Waals surface area contributed by atoms with E-state index < -0.39 is 23.4 Å². The van der Waals surface area contributed by atoms with Crippen molar-refractivity contribution in [1.29, 1.82) is 0 Å². The molecule has 0 radical (unpaired) electrons. The molecule has 0 atom stereocenters. The molecule has 2 amide bonds. The van der Waals surface area contributed by atoms with Crippen LogP contribution in [0.25, 0.3) is 0 Å². The number of benzene rings is 2. The molecule has 0 aliphatic carbocycles. The molecule has 186 valence electrons. The van der Waals surface area contributed by atoms with E-state index in [1.165, 1.54) is 11.0 Å². The zero-order valence-corrected chi connectivity index (χ0v) is 19.3. The second-order valence-corrected chi connectivity index (χ2v) is 9.10. The van der Waals surface area contributed by atoms with Crippen molar-refractivity contribution in [3.8, 4) is 0 Å². The van der Waals surface area contributed by atoms with Crippen LogP contribution in [-0.2, 0) is 4.79 Å². The fraction of sp³-hybridized carbons (Fsp3) is 0.308. The van der Waals surface area contributed by atoms with E-state index in [0.717, 1.165) is 17.7 Å². The van der Waals surface area contributed by atoms with Gasteiger partial charge in [0.25, 0.3) is 5.91 Å². The number of halogens is 3. The summed E-state index contributed by atoms with van der Waals surface area (Å²) < 4.78 is 41.9. The van der Waals surface area contributed by atoms with Crippen molar-refractivity contribution in [3.05, 3.63) is 83.3 Å². The van der Waals surface area contributed by atoms with Crippen molar-refractivity contribution in [2.24, 2.45) is 5.92 Å². The van der Waals surface area contributed by atoms with Crippen LogP contribution < -0.4 is 10.2 Å². The topological polar surface area (TPSA) is 78.4 Å². The van der Waals surface area contributed by atoms with Crippen LogP contribution in [0.4, 0.5) is 24.7 Å². The normalized spacial score (nSPS) is 16.5. The highest BCUT2D eigenvalue weighted by Gasteiger charge is 2.34. The average Bonchev–Trinajstić information content (AvgIpc) is 2.85. The smallest absolute Gasteiger partial charge is 0.256 e. The Labute approximate surface area is 205 Å². The number of nitrogens with zero attached hydrogens (tertiary/aromatic N) is 4. The molecule has 0 saturated carbocycles. The summed E-state index contributed by atoms with van der Waals surface area (Å²) in [6, 6.07) is 11.3. The zero-order chi connectivity index (χ0) is 25.2. The van der Waals surface area contributed by atoms with Gasteiger partial charge in [0.05, 0.1) is 17.2 Å². The molecule has 2 saturated heterocycles. The summed E-state index contributed by atoms with van der Waals surface area (Å²) in [6.07, 6.45) is 2.75. The van der Waals surface area contributed by atoms with Crippen LogP contribution in [-0.4, -0.2) is 53.1 Å². The summed E-state index contributed by atoms with van der Waals surface area (Å²) in [6.45, 7) is 1.74. The largest absolute Gasteiger partial charge is 0.353 e. The minimum Gasteiger partial charge on any atom is -0.353 e. The monoisotopic (exact) mass is 495 g/mol. The van der Waals surface area contributed by atoms with Gasteiger partial charge in [-0.05, 0) is 60.7 Å². The van der Waals surface area contributed by atoms with Crippen LogP contribution in [0, 0.1) is 23.4 Å². The molecule has 0 bridgehead atoms. The molecule has 5 rings (SSSR count). The first-order valence-electron chi connectivity index (χ1n) is 11.8. The quantitative estimate of drug-likeness (QED) is 0.579. The molecule has 0 unspecified atom stereocenters. The maximum Gasteiger partial charge on any atom is 0.256 e. The standard InChI is InChI=1S/C26H24F3N5O2/c27-19-4-5-20(21(28)13-19)26(36)33-10-7-16(8-11-33)17-3-6-23(22(29)12-17)31-25(35)18-14-34(15-18)24-2-1-9-30-32-24/h1-6,9,12-13,16,18H,7-8,10-11,14-15H2,(H,31,35). The van der Waals surface area contributed by atoms with Gasteiger partial charge in [-0.1, -0.05) is 6.07 Å². The lowest BCUT2D eigenvalue weighted by Crippen LogP contribution is -2.52. The molecule has 1 aromatic heterocycles. The maximum absolute atomic E-state index is 14.8. The summed E-state index contributed by atoms with van der Waals surface area (Å²) in [5.41, 5.74) is 0.747. The van der Waals surface area contributed by atoms with Gasteiger partial charge in [-0.15, -0.1) is 5.10 Å². The van der Waals surface area contributed by atoms with Crippen molar-refractivity contribution in [3.63, 3.8) is 0 Å². The number of anilines is 2. The summed E-state index contributed by atoms with van der Waals surface area (Å²) >= 11 is 0. The van der Waals surface area contributed by atoms with E-state index in [1.807, 2.05) is 11.0 Å². The summed E-state index contributed by atoms with van der Waals surface area (Å²) in [5, 5.41) is 10.5. The lowest BCUT2D eigenvalue weighted by Gasteiger charge is -2.38. The second kappa shape index (κ2) is 9.96. The van der Waals surface area contributed by atoms with E-state index in [4.69, 9.17) is 0 Å². The van der Waals surface area contributed by atoms with Crippen LogP contribution in [0.1, 0.15) is 34.7 Å². The fourth-order valence-corrected chi connectivity index (χ4v) is 4.66. The minimum atomic E-state index is -0.884. The number of likely N-dealkylation sites (tertiary alicyclic amines) is 1. The Morgan fingerprint density at radius 1 is 0.944 bits per heavy atom. The number of amides is 2. The number of carbonyl (C=O) groups is 2. The van der Waals surface area contributed by atoms with Crippen LogP contribution in [0.3, 0.4) is 0 Å². The molecule has 3 aromatic rings. The highest BCUT2D eigenvalue weighted by Crippen LogP contribution is 2.31. The highest BCUT2D eigenvalue weighted by atomic mass is 19.1. The van der Waals surface area contributed by atoms with E-state index in [9.17, 15) is 22.8 Å². The Morgan fingerprint density at radius 3 is 2.39 bits per heavy atom. The van der Waals surface area contributed by atoms with Gasteiger partial charge in [-0.3, -0.25) is 9.59 Å². The van der Waals surface area contributed by atoms with Crippen molar-refractivity contribution < 1.29 is 22.8 Å². The van der Waals surface area contributed by atoms with Gasteiger partial charge >= 0.3 is 0 Å². The molecule has 1 N–H and O–H groups in total. The van der Waals surface area contributed by atoms with Gasteiger partial charge in [0, 0.05) is 38.4 Å². The van der Waals surface area contributed by atoms with Gasteiger partial charge in [0.15, 0.2) is 5.82 Å². The average molecular weight is 496 g/mol. The third kappa shape index (κ3) is 4.89. The predicted molar refractivity (Wildman–Crippen MR) is 127 cm³/mol. The molecule has 7 nitrogen and oxygen atoms in total. The molecule has 2 aliphatic heterocycles. The Hall–Kier alpha value is -3.95. The van der Waals surface area contributed by atoms with Crippen molar-refractivity contribution >= 4 is 23.3 Å². The summed E-state index contributed by atoms with van der Waals surface area (Å²) in [7, 11) is 0. The Balaban J connectivity index is 1.15. The van der Waals surface area contributed by atoms with Crippen molar-refractivity contribution in [1.82, 2.24) is 15.1 Å². The zero-order valence-electron chi connectivity index (χ0n) is 19.3. The first kappa shape index (κ1) is 23.8. The number of rotatable bonds is 5. The molecule has 0 spiro atoms. The molecule has 2 aromatic carbocycles. The molecule has 10 heteroatoms. The first-order valence-corrected chi connectivity index (χ1v) is 11.8. The van der Waals surface area contributed by atoms with Gasteiger partial charge in [0.2, 0.25) is 5.91 Å². The minimum absolute atomic E-state index is 0.0264. The van der Waals surface area contributed by atoms with E-state index in [1.54, 1.807) is 24.4 Å². The number of aromatic nitrogens is 2. The molecular weight excluding hydrogens is 471 g/mol. The Bertz CT molecular complexity index is 1280. The summed E-state index contributed by atoms with van der Waals surface area (Å²) in [4.78, 5) is 28.6. The van der Waals surface area contributed by atoms with Crippen molar-refractivity contribution in [2.75, 3.05) is 36.4 Å². The lowest BCUT2D eigenvalue weighted by atomic mass is 9.89. The summed E-state index contributed by atoms with van der Waals surface area (Å²) in [5.74, 6) is -2.40. The van der Waals surface area contributed by atoms with E-state index in [-0.39, 0.29) is 29.0 Å². The van der Waals surface area contributed by atoms with Crippen LogP contribution in [0.2, 0.25) is 0 Å². The highest BCUT2D eigenvalue weighted by molar-refractivity contribution is 5.95. The first-order chi connectivity index (χ1) is 17.4. The maximum atomic E-state index is 14.8. The van der Waals surface area contributed by atoms with E-state index in [0.29, 0.717) is 50.9 Å². The molecule has 2 aliphatic rings. The van der Waals surface area contributed by atoms with Crippen LogP contribution >= 0.6 is 0 Å². The Kier molecular flexibility index (Phi) is 6.58. The number of piperidine rings is 1. The fourth-order valence-electron chi connectivity index (χ4n) is 4.66. The molecule has 2 fully saturated rings. The molecule has 3 heterocycles. The van der Waals surface area contributed by atoms with Gasteiger partial charge in [0.1, 0.15) is 17.5 Å². The number of carbonyl (C=O) groups excluding carboxylic acids is 2. The van der Waals surface area contributed by atoms with E-state index >= 15 is 0 Å². The number of hydrogen-bond donors (Lipinski definition) is 1. The number of hydrogen-bond acceptors (Lipinski definition) is 5. The lowest BCUT2D eigenvalue weighted by molar-refractivity contribution is -0.120. The van der Waals surface area contributed by atoms with Gasteiger partial charge in [-0.2, -0.15) is 5.10 Å². The third-order valence-corrected chi connectivity index (χ3v) is 6.80. The molecular formula is C26H24F3N5O2. The van der Waals surface area contributed by atoms with Crippen LogP contribution in [0.15, 0.2) is 54.7 Å². The SMILES string of the molecule is O=C(Nc1ccc(C2CCN(C(=O)c3ccc(F)cc3F)CC2)cc1F)C1CN(c2cccnn2)C1. The van der Waals surface area contributed by atoms with Gasteiger partial charge in [-0.25, -0.2) is 13.2 Å². The predicted octanol–water partition coefficient (Wildman–Crippen LogP) is 3.99. The van der Waals surface area contributed by atoms with Gasteiger partial charge < -0.3 is 15.1 Å². The van der Waals surface area contributed by atoms with Crippen LogP contribution in [0.5, 0.6) is 0 Å². The second-order valence-electron chi connectivity index (χ2n) is 9.10. The van der Waals surface area contributed by atoms with E-state index in [2.05, 4.69) is 15.5 Å².